The fourth-order valence-corrected chi connectivity index (χ4v) is 5.14. The maximum absolute atomic E-state index is 13.8. The Kier molecular flexibility index (Phi) is 8.77. The van der Waals surface area contributed by atoms with Crippen molar-refractivity contribution in [1.29, 1.82) is 0 Å². The molecule has 3 aromatic rings. The molecule has 2 atom stereocenters. The van der Waals surface area contributed by atoms with Crippen LogP contribution in [0.15, 0.2) is 78.9 Å². The highest BCUT2D eigenvalue weighted by Crippen LogP contribution is 2.41. The van der Waals surface area contributed by atoms with Gasteiger partial charge in [-0.2, -0.15) is 26.3 Å². The van der Waals surface area contributed by atoms with Gasteiger partial charge in [-0.25, -0.2) is 0 Å². The van der Waals surface area contributed by atoms with Crippen molar-refractivity contribution in [3.05, 3.63) is 107 Å². The zero-order valence-electron chi connectivity index (χ0n) is 22.1. The van der Waals surface area contributed by atoms with E-state index < -0.39 is 41.7 Å². The van der Waals surface area contributed by atoms with Crippen molar-refractivity contribution in [2.75, 3.05) is 6.61 Å². The van der Waals surface area contributed by atoms with Crippen LogP contribution < -0.4 is 5.32 Å². The predicted octanol–water partition coefficient (Wildman–Crippen LogP) is 6.46. The van der Waals surface area contributed by atoms with E-state index in [2.05, 4.69) is 5.32 Å². The number of benzene rings is 3. The van der Waals surface area contributed by atoms with Crippen LogP contribution in [-0.2, 0) is 45.4 Å². The van der Waals surface area contributed by atoms with Crippen LogP contribution in [0.3, 0.4) is 0 Å². The van der Waals surface area contributed by atoms with Crippen molar-refractivity contribution in [3.8, 4) is 0 Å². The van der Waals surface area contributed by atoms with E-state index in [9.17, 15) is 35.9 Å². The monoisotopic (exact) mass is 578 g/mol. The Morgan fingerprint density at radius 3 is 2.00 bits per heavy atom. The highest BCUT2D eigenvalue weighted by atomic mass is 19.4. The quantitative estimate of drug-likeness (QED) is 0.312. The number of hydrogen-bond donors (Lipinski definition) is 1. The minimum Gasteiger partial charge on any atom is -0.374 e. The van der Waals surface area contributed by atoms with Crippen LogP contribution >= 0.6 is 0 Å². The number of carbonyl (C=O) groups is 2. The van der Waals surface area contributed by atoms with Crippen molar-refractivity contribution >= 4 is 11.8 Å². The SMILES string of the molecule is CC(=O)N[C@H]1CC[C@](COCc2cc(C(F)(F)F)cc(C(F)(F)F)c2)(c2ccccc2)N(Cc2ccccc2)C1=O. The average Bonchev–Trinajstić information content (AvgIpc) is 2.92. The molecule has 0 aromatic heterocycles. The standard InChI is InChI=1S/C30H28F6N2O3/c1-20(39)37-26-12-13-28(23-10-6-3-7-11-23,38(27(26)40)17-21-8-4-2-5-9-21)19-41-18-22-14-24(29(31,32)33)16-25(15-22)30(34,35)36/h2-11,14-16,26H,12-13,17-19H2,1H3,(H,37,39)/t26-,28-/m0/s1. The molecular formula is C30H28F6N2O3. The molecule has 0 spiro atoms. The number of nitrogens with zero attached hydrogens (tertiary/aromatic N) is 1. The van der Waals surface area contributed by atoms with E-state index in [-0.39, 0.29) is 43.0 Å². The lowest BCUT2D eigenvalue weighted by Crippen LogP contribution is -2.62. The zero-order chi connectivity index (χ0) is 29.8. The molecule has 11 heteroatoms. The van der Waals surface area contributed by atoms with E-state index in [0.717, 1.165) is 5.56 Å². The summed E-state index contributed by atoms with van der Waals surface area (Å²) in [5, 5.41) is 2.68. The van der Waals surface area contributed by atoms with E-state index in [0.29, 0.717) is 24.1 Å². The first-order valence-corrected chi connectivity index (χ1v) is 12.8. The van der Waals surface area contributed by atoms with Crippen LogP contribution in [0.25, 0.3) is 0 Å². The lowest BCUT2D eigenvalue weighted by atomic mass is 9.78. The topological polar surface area (TPSA) is 58.6 Å². The number of amides is 2. The Morgan fingerprint density at radius 1 is 0.902 bits per heavy atom. The summed E-state index contributed by atoms with van der Waals surface area (Å²) in [6.45, 7) is 0.682. The van der Waals surface area contributed by atoms with Gasteiger partial charge < -0.3 is 15.0 Å². The van der Waals surface area contributed by atoms with Crippen molar-refractivity contribution in [2.45, 2.75) is 56.9 Å². The number of ether oxygens (including phenoxy) is 1. The average molecular weight is 579 g/mol. The third-order valence-electron chi connectivity index (χ3n) is 7.06. The largest absolute Gasteiger partial charge is 0.416 e. The molecule has 1 N–H and O–H groups in total. The molecule has 0 bridgehead atoms. The van der Waals surface area contributed by atoms with Crippen LogP contribution in [-0.4, -0.2) is 29.4 Å². The molecular weight excluding hydrogens is 550 g/mol. The van der Waals surface area contributed by atoms with Gasteiger partial charge >= 0.3 is 12.4 Å². The van der Waals surface area contributed by atoms with Crippen molar-refractivity contribution in [2.24, 2.45) is 0 Å². The van der Waals surface area contributed by atoms with Crippen LogP contribution in [0.4, 0.5) is 26.3 Å². The maximum atomic E-state index is 13.8. The molecule has 218 valence electrons. The summed E-state index contributed by atoms with van der Waals surface area (Å²) in [6, 6.07) is 18.5. The fourth-order valence-electron chi connectivity index (χ4n) is 5.14. The summed E-state index contributed by atoms with van der Waals surface area (Å²) in [5.41, 5.74) is -2.80. The predicted molar refractivity (Wildman–Crippen MR) is 138 cm³/mol. The van der Waals surface area contributed by atoms with Crippen molar-refractivity contribution in [3.63, 3.8) is 0 Å². The van der Waals surface area contributed by atoms with Crippen LogP contribution in [0, 0.1) is 0 Å². The van der Waals surface area contributed by atoms with Gasteiger partial charge in [-0.15, -0.1) is 0 Å². The highest BCUT2D eigenvalue weighted by molar-refractivity contribution is 5.88. The van der Waals surface area contributed by atoms with E-state index in [1.54, 1.807) is 35.2 Å². The first-order chi connectivity index (χ1) is 19.3. The summed E-state index contributed by atoms with van der Waals surface area (Å²) >= 11 is 0. The number of rotatable bonds is 8. The molecule has 0 unspecified atom stereocenters. The lowest BCUT2D eigenvalue weighted by molar-refractivity contribution is -0.154. The molecule has 1 saturated heterocycles. The van der Waals surface area contributed by atoms with Crippen molar-refractivity contribution < 1.29 is 40.7 Å². The van der Waals surface area contributed by atoms with Gasteiger partial charge in [0.25, 0.3) is 0 Å². The van der Waals surface area contributed by atoms with Gasteiger partial charge in [0.2, 0.25) is 11.8 Å². The number of piperidine rings is 1. The van der Waals surface area contributed by atoms with E-state index >= 15 is 0 Å². The number of likely N-dealkylation sites (tertiary alicyclic amines) is 1. The first-order valence-electron chi connectivity index (χ1n) is 12.8. The summed E-state index contributed by atoms with van der Waals surface area (Å²) in [5.74, 6) is -0.752. The van der Waals surface area contributed by atoms with Crippen LogP contribution in [0.2, 0.25) is 0 Å². The van der Waals surface area contributed by atoms with Gasteiger partial charge in [-0.1, -0.05) is 60.7 Å². The number of carbonyl (C=O) groups excluding carboxylic acids is 2. The maximum Gasteiger partial charge on any atom is 0.416 e. The van der Waals surface area contributed by atoms with Gasteiger partial charge in [-0.05, 0) is 47.7 Å². The Labute approximate surface area is 233 Å². The zero-order valence-corrected chi connectivity index (χ0v) is 22.1. The van der Waals surface area contributed by atoms with Crippen molar-refractivity contribution in [1.82, 2.24) is 10.2 Å². The Hall–Kier alpha value is -3.86. The normalized spacial score (nSPS) is 19.7. The lowest BCUT2D eigenvalue weighted by Gasteiger charge is -2.49. The second-order valence-corrected chi connectivity index (χ2v) is 10.0. The second-order valence-electron chi connectivity index (χ2n) is 10.0. The molecule has 1 fully saturated rings. The molecule has 4 rings (SSSR count). The Balaban J connectivity index is 1.70. The molecule has 3 aromatic carbocycles. The van der Waals surface area contributed by atoms with Gasteiger partial charge in [-0.3, -0.25) is 9.59 Å². The number of halogens is 6. The summed E-state index contributed by atoms with van der Waals surface area (Å²) in [4.78, 5) is 27.2. The molecule has 2 amide bonds. The third kappa shape index (κ3) is 7.08. The van der Waals surface area contributed by atoms with Crippen LogP contribution in [0.1, 0.15) is 47.6 Å². The van der Waals surface area contributed by atoms with Gasteiger partial charge in [0.15, 0.2) is 0 Å². The molecule has 0 radical (unpaired) electrons. The molecule has 0 saturated carbocycles. The molecule has 1 aliphatic heterocycles. The fraction of sp³-hybridized carbons (Fsp3) is 0.333. The summed E-state index contributed by atoms with van der Waals surface area (Å²) in [7, 11) is 0. The van der Waals surface area contributed by atoms with Gasteiger partial charge in [0.1, 0.15) is 6.04 Å². The molecule has 41 heavy (non-hydrogen) atoms. The second kappa shape index (κ2) is 11.9. The first kappa shape index (κ1) is 30.1. The minimum atomic E-state index is -4.98. The van der Waals surface area contributed by atoms with E-state index in [1.807, 2.05) is 30.3 Å². The van der Waals surface area contributed by atoms with E-state index in [1.165, 1.54) is 6.92 Å². The van der Waals surface area contributed by atoms with E-state index in [4.69, 9.17) is 4.74 Å². The minimum absolute atomic E-state index is 0.0680. The van der Waals surface area contributed by atoms with Gasteiger partial charge in [0, 0.05) is 13.5 Å². The Bertz CT molecular complexity index is 1330. The molecule has 0 aliphatic carbocycles. The number of nitrogens with one attached hydrogen (secondary N) is 1. The number of hydrogen-bond acceptors (Lipinski definition) is 3. The van der Waals surface area contributed by atoms with Crippen LogP contribution in [0.5, 0.6) is 0 Å². The molecule has 1 heterocycles. The molecule has 1 aliphatic rings. The molecule has 5 nitrogen and oxygen atoms in total. The third-order valence-corrected chi connectivity index (χ3v) is 7.06. The number of alkyl halides is 6. The summed E-state index contributed by atoms with van der Waals surface area (Å²) in [6.07, 6.45) is -9.40. The smallest absolute Gasteiger partial charge is 0.374 e. The highest BCUT2D eigenvalue weighted by Gasteiger charge is 2.48. The summed E-state index contributed by atoms with van der Waals surface area (Å²) < 4.78 is 86.1. The Morgan fingerprint density at radius 2 is 1.46 bits per heavy atom. The van der Waals surface area contributed by atoms with Gasteiger partial charge in [0.05, 0.1) is 29.9 Å².